The molecule has 0 radical (unpaired) electrons. The number of pyridine rings is 1. The van der Waals surface area contributed by atoms with E-state index in [1.165, 1.54) is 11.3 Å². The molecule has 1 N–H and O–H groups in total. The van der Waals surface area contributed by atoms with Gasteiger partial charge in [-0.3, -0.25) is 9.78 Å². The van der Waals surface area contributed by atoms with Gasteiger partial charge in [-0.05, 0) is 30.5 Å². The Balaban J connectivity index is 2.01. The smallest absolute Gasteiger partial charge is 0.267 e. The van der Waals surface area contributed by atoms with Gasteiger partial charge in [0.25, 0.3) is 5.91 Å². The molecule has 0 unspecified atom stereocenters. The first-order chi connectivity index (χ1) is 9.65. The van der Waals surface area contributed by atoms with Gasteiger partial charge < -0.3 is 5.32 Å². The molecule has 0 aliphatic heterocycles. The van der Waals surface area contributed by atoms with Gasteiger partial charge in [0.1, 0.15) is 4.88 Å². The molecule has 3 aromatic rings. The van der Waals surface area contributed by atoms with Crippen molar-refractivity contribution in [1.82, 2.24) is 4.98 Å². The number of rotatable bonds is 2. The first kappa shape index (κ1) is 13.1. The minimum absolute atomic E-state index is 0.208. The van der Waals surface area contributed by atoms with E-state index in [4.69, 9.17) is 11.6 Å². The molecule has 3 rings (SSSR count). The molecule has 2 aromatic heterocycles. The van der Waals surface area contributed by atoms with Crippen molar-refractivity contribution in [2.24, 2.45) is 0 Å². The van der Waals surface area contributed by atoms with Crippen molar-refractivity contribution in [3.63, 3.8) is 0 Å². The molecule has 0 atom stereocenters. The van der Waals surface area contributed by atoms with Crippen molar-refractivity contribution in [2.45, 2.75) is 6.92 Å². The summed E-state index contributed by atoms with van der Waals surface area (Å²) in [6.07, 6.45) is 0. The van der Waals surface area contributed by atoms with Crippen molar-refractivity contribution >= 4 is 45.4 Å². The lowest BCUT2D eigenvalue weighted by atomic mass is 10.1. The fourth-order valence-electron chi connectivity index (χ4n) is 1.98. The van der Waals surface area contributed by atoms with Crippen molar-refractivity contribution in [1.29, 1.82) is 0 Å². The average molecular weight is 303 g/mol. The Labute approximate surface area is 125 Å². The second-order valence-corrected chi connectivity index (χ2v) is 5.71. The summed E-state index contributed by atoms with van der Waals surface area (Å²) in [6, 6.07) is 11.4. The van der Waals surface area contributed by atoms with Crippen molar-refractivity contribution in [2.75, 3.05) is 5.32 Å². The van der Waals surface area contributed by atoms with E-state index < -0.39 is 0 Å². The summed E-state index contributed by atoms with van der Waals surface area (Å²) >= 11 is 7.30. The lowest BCUT2D eigenvalue weighted by molar-refractivity contribution is 0.103. The van der Waals surface area contributed by atoms with Crippen LogP contribution in [0.1, 0.15) is 15.4 Å². The minimum Gasteiger partial charge on any atom is -0.319 e. The van der Waals surface area contributed by atoms with Crippen LogP contribution in [0.25, 0.3) is 10.9 Å². The molecular weight excluding hydrogens is 292 g/mol. The van der Waals surface area contributed by atoms with Gasteiger partial charge >= 0.3 is 0 Å². The van der Waals surface area contributed by atoms with Crippen LogP contribution in [0, 0.1) is 6.92 Å². The van der Waals surface area contributed by atoms with Crippen LogP contribution in [0.5, 0.6) is 0 Å². The summed E-state index contributed by atoms with van der Waals surface area (Å²) in [7, 11) is 0. The number of aryl methyl sites for hydroxylation is 1. The lowest BCUT2D eigenvalue weighted by Crippen LogP contribution is -2.11. The number of carbonyl (C=O) groups is 1. The topological polar surface area (TPSA) is 42.0 Å². The van der Waals surface area contributed by atoms with Crippen LogP contribution in [0.2, 0.25) is 5.02 Å². The highest BCUT2D eigenvalue weighted by Gasteiger charge is 2.13. The third-order valence-corrected chi connectivity index (χ3v) is 4.27. The number of halogens is 1. The molecule has 20 heavy (non-hydrogen) atoms. The summed E-state index contributed by atoms with van der Waals surface area (Å²) < 4.78 is 0. The molecule has 0 saturated carbocycles. The Morgan fingerprint density at radius 3 is 2.85 bits per heavy atom. The number of nitrogens with zero attached hydrogens (tertiary/aromatic N) is 1. The quantitative estimate of drug-likeness (QED) is 0.756. The Bertz CT molecular complexity index is 797. The number of nitrogens with one attached hydrogen (secondary N) is 1. The zero-order chi connectivity index (χ0) is 14.1. The number of benzene rings is 1. The largest absolute Gasteiger partial charge is 0.319 e. The summed E-state index contributed by atoms with van der Waals surface area (Å²) in [5.74, 6) is -0.208. The van der Waals surface area contributed by atoms with Crippen molar-refractivity contribution in [3.05, 3.63) is 57.4 Å². The van der Waals surface area contributed by atoms with Gasteiger partial charge in [-0.15, -0.1) is 11.3 Å². The predicted octanol–water partition coefficient (Wildman–Crippen LogP) is 4.51. The van der Waals surface area contributed by atoms with Gasteiger partial charge in [0.15, 0.2) is 0 Å². The molecule has 0 saturated heterocycles. The number of hydrogen-bond acceptors (Lipinski definition) is 3. The van der Waals surface area contributed by atoms with Crippen LogP contribution in [-0.2, 0) is 0 Å². The Morgan fingerprint density at radius 1 is 1.25 bits per heavy atom. The van der Waals surface area contributed by atoms with E-state index in [0.29, 0.717) is 15.6 Å². The fourth-order valence-corrected chi connectivity index (χ4v) is 3.02. The van der Waals surface area contributed by atoms with Crippen LogP contribution in [0.4, 0.5) is 5.69 Å². The predicted molar refractivity (Wildman–Crippen MR) is 83.8 cm³/mol. The third kappa shape index (κ3) is 2.40. The minimum atomic E-state index is -0.208. The van der Waals surface area contributed by atoms with Crippen LogP contribution < -0.4 is 5.32 Å². The summed E-state index contributed by atoms with van der Waals surface area (Å²) in [5.41, 5.74) is 2.39. The Morgan fingerprint density at radius 2 is 2.10 bits per heavy atom. The molecule has 0 spiro atoms. The molecular formula is C15H11ClN2OS. The number of hydrogen-bond donors (Lipinski definition) is 1. The SMILES string of the molecule is Cc1ccc2cccc(NC(=O)c3sccc3Cl)c2n1. The van der Waals surface area contributed by atoms with E-state index in [9.17, 15) is 4.79 Å². The molecule has 0 fully saturated rings. The number of para-hydroxylation sites is 1. The summed E-state index contributed by atoms with van der Waals surface area (Å²) in [5, 5.41) is 6.13. The van der Waals surface area contributed by atoms with Crippen molar-refractivity contribution in [3.8, 4) is 0 Å². The zero-order valence-electron chi connectivity index (χ0n) is 10.7. The maximum Gasteiger partial charge on any atom is 0.267 e. The normalized spacial score (nSPS) is 10.7. The van der Waals surface area contributed by atoms with Gasteiger partial charge in [-0.2, -0.15) is 0 Å². The number of carbonyl (C=O) groups excluding carboxylic acids is 1. The Kier molecular flexibility index (Phi) is 3.42. The standard InChI is InChI=1S/C15H11ClN2OS/c1-9-5-6-10-3-2-4-12(13(10)17-9)18-15(19)14-11(16)7-8-20-14/h2-8H,1H3,(H,18,19). The van der Waals surface area contributed by atoms with Crippen molar-refractivity contribution < 1.29 is 4.79 Å². The van der Waals surface area contributed by atoms with Crippen LogP contribution in [0.15, 0.2) is 41.8 Å². The van der Waals surface area contributed by atoms with E-state index >= 15 is 0 Å². The first-order valence-corrected chi connectivity index (χ1v) is 7.31. The molecule has 1 aromatic carbocycles. The number of thiophene rings is 1. The first-order valence-electron chi connectivity index (χ1n) is 6.06. The molecule has 0 aliphatic rings. The second kappa shape index (κ2) is 5.23. The number of amides is 1. The van der Waals surface area contributed by atoms with Gasteiger partial charge in [0, 0.05) is 11.1 Å². The van der Waals surface area contributed by atoms with E-state index in [1.807, 2.05) is 37.3 Å². The van der Waals surface area contributed by atoms with Crippen LogP contribution in [-0.4, -0.2) is 10.9 Å². The molecule has 1 amide bonds. The van der Waals surface area contributed by atoms with E-state index in [0.717, 1.165) is 16.6 Å². The Hall–Kier alpha value is -1.91. The zero-order valence-corrected chi connectivity index (χ0v) is 12.3. The fraction of sp³-hybridized carbons (Fsp3) is 0.0667. The molecule has 3 nitrogen and oxygen atoms in total. The van der Waals surface area contributed by atoms with E-state index in [1.54, 1.807) is 11.4 Å². The van der Waals surface area contributed by atoms with Gasteiger partial charge in [-0.1, -0.05) is 29.8 Å². The molecule has 2 heterocycles. The molecule has 100 valence electrons. The van der Waals surface area contributed by atoms with Crippen LogP contribution >= 0.6 is 22.9 Å². The monoisotopic (exact) mass is 302 g/mol. The summed E-state index contributed by atoms with van der Waals surface area (Å²) in [6.45, 7) is 1.92. The van der Waals surface area contributed by atoms with Gasteiger partial charge in [-0.25, -0.2) is 0 Å². The molecule has 0 aliphatic carbocycles. The molecule has 5 heteroatoms. The third-order valence-electron chi connectivity index (χ3n) is 2.93. The second-order valence-electron chi connectivity index (χ2n) is 4.38. The van der Waals surface area contributed by atoms with Gasteiger partial charge in [0.05, 0.1) is 16.2 Å². The maximum atomic E-state index is 12.2. The highest BCUT2D eigenvalue weighted by Crippen LogP contribution is 2.26. The number of aromatic nitrogens is 1. The molecule has 0 bridgehead atoms. The van der Waals surface area contributed by atoms with Gasteiger partial charge in [0.2, 0.25) is 0 Å². The highest BCUT2D eigenvalue weighted by molar-refractivity contribution is 7.12. The van der Waals surface area contributed by atoms with Crippen LogP contribution in [0.3, 0.4) is 0 Å². The lowest BCUT2D eigenvalue weighted by Gasteiger charge is -2.08. The maximum absolute atomic E-state index is 12.2. The van der Waals surface area contributed by atoms with E-state index in [2.05, 4.69) is 10.3 Å². The average Bonchev–Trinajstić information content (AvgIpc) is 2.86. The number of anilines is 1. The van der Waals surface area contributed by atoms with E-state index in [-0.39, 0.29) is 5.91 Å². The number of fused-ring (bicyclic) bond motifs is 1. The highest BCUT2D eigenvalue weighted by atomic mass is 35.5. The summed E-state index contributed by atoms with van der Waals surface area (Å²) in [4.78, 5) is 17.2.